The number of halogens is 3. The van der Waals surface area contributed by atoms with E-state index in [4.69, 9.17) is 4.74 Å². The van der Waals surface area contributed by atoms with Gasteiger partial charge in [0.25, 0.3) is 0 Å². The molecule has 2 fully saturated rings. The third-order valence-electron chi connectivity index (χ3n) is 5.01. The van der Waals surface area contributed by atoms with Crippen LogP contribution in [0.4, 0.5) is 18.0 Å². The summed E-state index contributed by atoms with van der Waals surface area (Å²) < 4.78 is 72.1. The second-order valence-corrected chi connectivity index (χ2v) is 10.6. The zero-order chi connectivity index (χ0) is 23.2. The molecule has 1 atom stereocenters. The lowest BCUT2D eigenvalue weighted by Gasteiger charge is -2.37. The number of likely N-dealkylation sites (tertiary alicyclic amines) is 1. The van der Waals surface area contributed by atoms with Crippen LogP contribution in [0, 0.1) is 0 Å². The fraction of sp³-hybridized carbons (Fsp3) is 0.600. The first kappa shape index (κ1) is 23.5. The van der Waals surface area contributed by atoms with Crippen molar-refractivity contribution >= 4 is 22.0 Å². The van der Waals surface area contributed by atoms with Gasteiger partial charge in [-0.1, -0.05) is 6.07 Å². The van der Waals surface area contributed by atoms with Gasteiger partial charge in [-0.3, -0.25) is 4.79 Å². The summed E-state index contributed by atoms with van der Waals surface area (Å²) in [5, 5.41) is 0. The van der Waals surface area contributed by atoms with Crippen molar-refractivity contribution in [2.45, 2.75) is 75.2 Å². The summed E-state index contributed by atoms with van der Waals surface area (Å²) in [7, 11) is -4.26. The van der Waals surface area contributed by atoms with Crippen LogP contribution in [0.3, 0.4) is 0 Å². The second-order valence-electron chi connectivity index (χ2n) is 8.76. The quantitative estimate of drug-likeness (QED) is 0.680. The van der Waals surface area contributed by atoms with Crippen LogP contribution in [0.15, 0.2) is 29.2 Å². The topological polar surface area (TPSA) is 84.0 Å². The number of piperidine rings is 1. The monoisotopic (exact) mass is 462 g/mol. The Morgan fingerprint density at radius 1 is 1.13 bits per heavy atom. The largest absolute Gasteiger partial charge is 0.443 e. The molecule has 2 amide bonds. The summed E-state index contributed by atoms with van der Waals surface area (Å²) >= 11 is 0. The lowest BCUT2D eigenvalue weighted by molar-refractivity contribution is -0.137. The van der Waals surface area contributed by atoms with Crippen LogP contribution in [0.1, 0.15) is 52.0 Å². The molecule has 2 aliphatic rings. The Labute approximate surface area is 179 Å². The zero-order valence-electron chi connectivity index (χ0n) is 17.5. The first-order valence-electron chi connectivity index (χ1n) is 9.94. The van der Waals surface area contributed by atoms with E-state index in [0.717, 1.165) is 27.4 Å². The van der Waals surface area contributed by atoms with E-state index in [0.29, 0.717) is 18.9 Å². The number of imide groups is 1. The van der Waals surface area contributed by atoms with Gasteiger partial charge >= 0.3 is 12.3 Å². The lowest BCUT2D eigenvalue weighted by Crippen LogP contribution is -2.52. The van der Waals surface area contributed by atoms with Crippen molar-refractivity contribution in [3.63, 3.8) is 0 Å². The summed E-state index contributed by atoms with van der Waals surface area (Å²) in [6, 6.07) is 2.49. The predicted octanol–water partition coefficient (Wildman–Crippen LogP) is 3.78. The molecular weight excluding hydrogens is 437 g/mol. The number of sulfonamides is 1. The van der Waals surface area contributed by atoms with Crippen molar-refractivity contribution in [1.29, 1.82) is 0 Å². The number of amides is 2. The number of carbonyl (C=O) groups is 2. The van der Waals surface area contributed by atoms with Gasteiger partial charge in [0.2, 0.25) is 15.9 Å². The Hall–Kier alpha value is -2.14. The van der Waals surface area contributed by atoms with Crippen molar-refractivity contribution in [2.24, 2.45) is 0 Å². The predicted molar refractivity (Wildman–Crippen MR) is 104 cm³/mol. The Morgan fingerprint density at radius 2 is 1.77 bits per heavy atom. The minimum absolute atomic E-state index is 0.0280. The van der Waals surface area contributed by atoms with Gasteiger partial charge in [0.05, 0.1) is 10.5 Å². The number of alkyl halides is 3. The maximum atomic E-state index is 13.2. The summed E-state index contributed by atoms with van der Waals surface area (Å²) in [4.78, 5) is 25.3. The molecule has 0 radical (unpaired) electrons. The second kappa shape index (κ2) is 8.09. The van der Waals surface area contributed by atoms with Gasteiger partial charge in [-0.2, -0.15) is 17.5 Å². The smallest absolute Gasteiger partial charge is 0.417 e. The van der Waals surface area contributed by atoms with E-state index >= 15 is 0 Å². The fourth-order valence-electron chi connectivity index (χ4n) is 3.52. The first-order chi connectivity index (χ1) is 14.2. The van der Waals surface area contributed by atoms with Crippen LogP contribution < -0.4 is 0 Å². The molecule has 0 N–H and O–H groups in total. The Balaban J connectivity index is 1.82. The molecule has 1 aromatic carbocycles. The van der Waals surface area contributed by atoms with Gasteiger partial charge in [0.1, 0.15) is 5.60 Å². The van der Waals surface area contributed by atoms with Crippen molar-refractivity contribution in [3.05, 3.63) is 29.8 Å². The van der Waals surface area contributed by atoms with Gasteiger partial charge in [-0.25, -0.2) is 18.1 Å². The first-order valence-corrected chi connectivity index (χ1v) is 11.4. The van der Waals surface area contributed by atoms with E-state index in [9.17, 15) is 31.2 Å². The zero-order valence-corrected chi connectivity index (χ0v) is 18.3. The molecule has 7 nitrogen and oxygen atoms in total. The standard InChI is InChI=1S/C20H25F3N2O5S/c1-19(2,3)30-18(27)24-10-9-15(12-17(24)26)25(14-7-8-14)31(28,29)16-6-4-5-13(11-16)20(21,22)23/h4-6,11,14-15H,7-10,12H2,1-3H3. The molecule has 1 unspecified atom stereocenters. The molecule has 1 saturated heterocycles. The summed E-state index contributed by atoms with van der Waals surface area (Å²) in [5.74, 6) is -0.574. The van der Waals surface area contributed by atoms with Crippen LogP contribution in [-0.4, -0.2) is 53.9 Å². The van der Waals surface area contributed by atoms with Crippen molar-refractivity contribution in [1.82, 2.24) is 9.21 Å². The van der Waals surface area contributed by atoms with Gasteiger partial charge < -0.3 is 4.74 Å². The molecule has 1 heterocycles. The Morgan fingerprint density at radius 3 is 2.29 bits per heavy atom. The van der Waals surface area contributed by atoms with Crippen molar-refractivity contribution in [3.8, 4) is 0 Å². The number of carbonyl (C=O) groups excluding carboxylic acids is 2. The maximum Gasteiger partial charge on any atom is 0.417 e. The summed E-state index contributed by atoms with van der Waals surface area (Å²) in [5.41, 5.74) is -1.85. The van der Waals surface area contributed by atoms with Gasteiger partial charge in [0, 0.05) is 25.0 Å². The third kappa shape index (κ3) is 5.38. The summed E-state index contributed by atoms with van der Waals surface area (Å²) in [6.45, 7) is 4.97. The molecule has 1 aliphatic heterocycles. The number of nitrogens with zero attached hydrogens (tertiary/aromatic N) is 2. The van der Waals surface area contributed by atoms with E-state index in [-0.39, 0.29) is 25.4 Å². The molecule has 1 aliphatic carbocycles. The van der Waals surface area contributed by atoms with Gasteiger partial charge in [-0.15, -0.1) is 0 Å². The number of hydrogen-bond donors (Lipinski definition) is 0. The van der Waals surface area contributed by atoms with Crippen LogP contribution in [0.25, 0.3) is 0 Å². The Kier molecular flexibility index (Phi) is 6.13. The highest BCUT2D eigenvalue weighted by atomic mass is 32.2. The van der Waals surface area contributed by atoms with Crippen LogP contribution >= 0.6 is 0 Å². The highest BCUT2D eigenvalue weighted by Gasteiger charge is 2.46. The van der Waals surface area contributed by atoms with Gasteiger partial charge in [0.15, 0.2) is 0 Å². The molecule has 1 saturated carbocycles. The lowest BCUT2D eigenvalue weighted by atomic mass is 10.0. The number of hydrogen-bond acceptors (Lipinski definition) is 5. The third-order valence-corrected chi connectivity index (χ3v) is 7.02. The number of rotatable bonds is 4. The average molecular weight is 462 g/mol. The van der Waals surface area contributed by atoms with E-state index in [1.807, 2.05) is 0 Å². The van der Waals surface area contributed by atoms with E-state index in [1.54, 1.807) is 20.8 Å². The molecular formula is C20H25F3N2O5S. The maximum absolute atomic E-state index is 13.2. The van der Waals surface area contributed by atoms with Crippen molar-refractivity contribution < 1.29 is 35.9 Å². The van der Waals surface area contributed by atoms with E-state index in [2.05, 4.69) is 0 Å². The Bertz CT molecular complexity index is 968. The highest BCUT2D eigenvalue weighted by Crippen LogP contribution is 2.38. The van der Waals surface area contributed by atoms with Gasteiger partial charge in [-0.05, 0) is 58.2 Å². The summed E-state index contributed by atoms with van der Waals surface area (Å²) in [6.07, 6.45) is -4.40. The minimum atomic E-state index is -4.68. The molecule has 0 spiro atoms. The molecule has 0 bridgehead atoms. The SMILES string of the molecule is CC(C)(C)OC(=O)N1CCC(N(C2CC2)S(=O)(=O)c2cccc(C(F)(F)F)c2)CC1=O. The molecule has 172 valence electrons. The normalized spacial score (nSPS) is 20.8. The van der Waals surface area contributed by atoms with E-state index < -0.39 is 50.3 Å². The van der Waals surface area contributed by atoms with Crippen LogP contribution in [0.2, 0.25) is 0 Å². The molecule has 31 heavy (non-hydrogen) atoms. The highest BCUT2D eigenvalue weighted by molar-refractivity contribution is 7.89. The molecule has 11 heteroatoms. The van der Waals surface area contributed by atoms with Crippen LogP contribution in [-0.2, 0) is 25.7 Å². The van der Waals surface area contributed by atoms with E-state index in [1.165, 1.54) is 0 Å². The average Bonchev–Trinajstić information content (AvgIpc) is 3.44. The van der Waals surface area contributed by atoms with Crippen LogP contribution in [0.5, 0.6) is 0 Å². The molecule has 3 rings (SSSR count). The number of ether oxygens (including phenoxy) is 1. The minimum Gasteiger partial charge on any atom is -0.443 e. The number of benzene rings is 1. The molecule has 0 aromatic heterocycles. The van der Waals surface area contributed by atoms with Crippen molar-refractivity contribution in [2.75, 3.05) is 6.54 Å². The fourth-order valence-corrected chi connectivity index (χ4v) is 5.46. The molecule has 1 aromatic rings.